The van der Waals surface area contributed by atoms with Crippen molar-refractivity contribution in [3.05, 3.63) is 5.82 Å². The summed E-state index contributed by atoms with van der Waals surface area (Å²) in [5.74, 6) is 2.98. The fraction of sp³-hybridized carbons (Fsp3) is 0.846. The normalized spacial score (nSPS) is 21.4. The van der Waals surface area contributed by atoms with Crippen molar-refractivity contribution in [3.8, 4) is 0 Å². The Hall–Kier alpha value is -1.66. The quantitative estimate of drug-likeness (QED) is 0.644. The van der Waals surface area contributed by atoms with E-state index in [2.05, 4.69) is 32.3 Å². The first-order chi connectivity index (χ1) is 9.72. The van der Waals surface area contributed by atoms with Crippen molar-refractivity contribution in [2.24, 2.45) is 22.6 Å². The molecule has 2 aliphatic rings. The molecule has 0 atom stereocenters. The number of guanidine groups is 1. The molecule has 1 aromatic rings. The van der Waals surface area contributed by atoms with Crippen molar-refractivity contribution in [3.63, 3.8) is 0 Å². The first-order valence-electron chi connectivity index (χ1n) is 7.52. The molecule has 0 radical (unpaired) electrons. The summed E-state index contributed by atoms with van der Waals surface area (Å²) in [6.45, 7) is 5.68. The molecule has 3 rings (SSSR count). The molecule has 20 heavy (non-hydrogen) atoms. The average Bonchev–Trinajstić information content (AvgIpc) is 3.15. The number of aliphatic imine (C=N–C) groups is 1. The van der Waals surface area contributed by atoms with Gasteiger partial charge in [0.2, 0.25) is 0 Å². The van der Waals surface area contributed by atoms with Crippen molar-refractivity contribution in [2.75, 3.05) is 13.1 Å². The second-order valence-corrected chi connectivity index (χ2v) is 6.06. The predicted molar refractivity (Wildman–Crippen MR) is 75.8 cm³/mol. The molecule has 1 aromatic heterocycles. The lowest BCUT2D eigenvalue weighted by Gasteiger charge is -2.30. The topological polar surface area (TPSA) is 85.2 Å². The third-order valence-corrected chi connectivity index (χ3v) is 4.22. The average molecular weight is 277 g/mol. The molecule has 1 aliphatic heterocycles. The van der Waals surface area contributed by atoms with Crippen LogP contribution in [0.3, 0.4) is 0 Å². The van der Waals surface area contributed by atoms with E-state index in [4.69, 9.17) is 5.73 Å². The summed E-state index contributed by atoms with van der Waals surface area (Å²) in [4.78, 5) is 6.62. The van der Waals surface area contributed by atoms with E-state index in [1.807, 2.05) is 4.68 Å². The van der Waals surface area contributed by atoms with Crippen LogP contribution >= 0.6 is 0 Å². The molecule has 7 nitrogen and oxygen atoms in total. The molecule has 7 heteroatoms. The maximum Gasteiger partial charge on any atom is 0.191 e. The number of aromatic nitrogens is 4. The van der Waals surface area contributed by atoms with Crippen LogP contribution in [0.25, 0.3) is 0 Å². The molecule has 1 aliphatic carbocycles. The van der Waals surface area contributed by atoms with Gasteiger partial charge in [-0.3, -0.25) is 0 Å². The van der Waals surface area contributed by atoms with Gasteiger partial charge in [-0.2, -0.15) is 0 Å². The molecule has 0 bridgehead atoms. The first-order valence-corrected chi connectivity index (χ1v) is 7.52. The molecule has 1 saturated heterocycles. The van der Waals surface area contributed by atoms with Crippen LogP contribution in [0.5, 0.6) is 0 Å². The molecular formula is C13H23N7. The van der Waals surface area contributed by atoms with Crippen LogP contribution in [0.1, 0.15) is 38.4 Å². The molecule has 110 valence electrons. The summed E-state index contributed by atoms with van der Waals surface area (Å²) >= 11 is 0. The lowest BCUT2D eigenvalue weighted by Crippen LogP contribution is -2.42. The van der Waals surface area contributed by atoms with Gasteiger partial charge in [-0.15, -0.1) is 5.10 Å². The van der Waals surface area contributed by atoms with Gasteiger partial charge < -0.3 is 10.6 Å². The molecular weight excluding hydrogens is 254 g/mol. The van der Waals surface area contributed by atoms with Gasteiger partial charge in [-0.25, -0.2) is 9.67 Å². The fourth-order valence-corrected chi connectivity index (χ4v) is 2.51. The smallest absolute Gasteiger partial charge is 0.191 e. The highest BCUT2D eigenvalue weighted by Crippen LogP contribution is 2.30. The summed E-state index contributed by atoms with van der Waals surface area (Å²) in [5.41, 5.74) is 6.07. The highest BCUT2D eigenvalue weighted by molar-refractivity contribution is 5.78. The van der Waals surface area contributed by atoms with Crippen LogP contribution in [-0.2, 0) is 13.1 Å². The van der Waals surface area contributed by atoms with Crippen LogP contribution in [0, 0.1) is 11.8 Å². The van der Waals surface area contributed by atoms with Crippen molar-refractivity contribution < 1.29 is 0 Å². The Morgan fingerprint density at radius 3 is 2.75 bits per heavy atom. The Morgan fingerprint density at radius 1 is 1.30 bits per heavy atom. The van der Waals surface area contributed by atoms with Crippen LogP contribution < -0.4 is 5.73 Å². The lowest BCUT2D eigenvalue weighted by atomic mass is 10.00. The van der Waals surface area contributed by atoms with E-state index in [-0.39, 0.29) is 0 Å². The zero-order chi connectivity index (χ0) is 13.9. The number of hydrogen-bond donors (Lipinski definition) is 1. The minimum atomic E-state index is 0.470. The maximum atomic E-state index is 6.07. The van der Waals surface area contributed by atoms with E-state index in [1.54, 1.807) is 0 Å². The SMILES string of the molecule is CC1CCN(C(N)=NCc2nnnn2CC2CC2)CC1. The van der Waals surface area contributed by atoms with Gasteiger partial charge in [0.15, 0.2) is 11.8 Å². The summed E-state index contributed by atoms with van der Waals surface area (Å²) in [6, 6.07) is 0. The van der Waals surface area contributed by atoms with Gasteiger partial charge in [-0.1, -0.05) is 6.92 Å². The zero-order valence-corrected chi connectivity index (χ0v) is 12.1. The Morgan fingerprint density at radius 2 is 2.05 bits per heavy atom. The van der Waals surface area contributed by atoms with Crippen LogP contribution in [0.15, 0.2) is 4.99 Å². The number of hydrogen-bond acceptors (Lipinski definition) is 4. The molecule has 0 amide bonds. The van der Waals surface area contributed by atoms with E-state index in [9.17, 15) is 0 Å². The van der Waals surface area contributed by atoms with Gasteiger partial charge in [0.1, 0.15) is 6.54 Å². The first kappa shape index (κ1) is 13.3. The lowest BCUT2D eigenvalue weighted by molar-refractivity contribution is 0.277. The largest absolute Gasteiger partial charge is 0.370 e. The number of piperidine rings is 1. The van der Waals surface area contributed by atoms with Crippen LogP contribution in [0.4, 0.5) is 0 Å². The van der Waals surface area contributed by atoms with Crippen LogP contribution in [-0.4, -0.2) is 44.2 Å². The van der Waals surface area contributed by atoms with Crippen molar-refractivity contribution in [2.45, 2.75) is 45.7 Å². The summed E-state index contributed by atoms with van der Waals surface area (Å²) in [5, 5.41) is 11.8. The Kier molecular flexibility index (Phi) is 3.84. The minimum Gasteiger partial charge on any atom is -0.370 e. The summed E-state index contributed by atoms with van der Waals surface area (Å²) in [7, 11) is 0. The number of rotatable bonds is 4. The Bertz CT molecular complexity index is 469. The maximum absolute atomic E-state index is 6.07. The van der Waals surface area contributed by atoms with Gasteiger partial charge in [0.05, 0.1) is 0 Å². The van der Waals surface area contributed by atoms with Crippen molar-refractivity contribution in [1.29, 1.82) is 0 Å². The van der Waals surface area contributed by atoms with Crippen molar-refractivity contribution >= 4 is 5.96 Å². The third-order valence-electron chi connectivity index (χ3n) is 4.22. The van der Waals surface area contributed by atoms with Gasteiger partial charge in [-0.05, 0) is 47.9 Å². The van der Waals surface area contributed by atoms with E-state index in [1.165, 1.54) is 25.7 Å². The number of nitrogens with zero attached hydrogens (tertiary/aromatic N) is 6. The second kappa shape index (κ2) is 5.76. The Balaban J connectivity index is 1.57. The second-order valence-electron chi connectivity index (χ2n) is 6.06. The van der Waals surface area contributed by atoms with E-state index in [0.717, 1.165) is 37.3 Å². The Labute approximate surface area is 119 Å². The molecule has 0 aromatic carbocycles. The monoisotopic (exact) mass is 277 g/mol. The fourth-order valence-electron chi connectivity index (χ4n) is 2.51. The zero-order valence-electron chi connectivity index (χ0n) is 12.1. The molecule has 2 fully saturated rings. The molecule has 0 spiro atoms. The van der Waals surface area contributed by atoms with Crippen molar-refractivity contribution in [1.82, 2.24) is 25.1 Å². The standard InChI is InChI=1S/C13H23N7/c1-10-4-6-19(7-5-10)13(14)15-8-12-16-17-18-20(12)9-11-2-3-11/h10-11H,2-9H2,1H3,(H2,14,15). The molecule has 2 N–H and O–H groups in total. The van der Waals surface area contributed by atoms with E-state index < -0.39 is 0 Å². The summed E-state index contributed by atoms with van der Waals surface area (Å²) < 4.78 is 1.87. The molecule has 0 unspecified atom stereocenters. The summed E-state index contributed by atoms with van der Waals surface area (Å²) in [6.07, 6.45) is 4.96. The van der Waals surface area contributed by atoms with E-state index >= 15 is 0 Å². The van der Waals surface area contributed by atoms with Gasteiger partial charge >= 0.3 is 0 Å². The van der Waals surface area contributed by atoms with Crippen LogP contribution in [0.2, 0.25) is 0 Å². The number of likely N-dealkylation sites (tertiary alicyclic amines) is 1. The molecule has 2 heterocycles. The number of nitrogens with two attached hydrogens (primary N) is 1. The number of tetrazole rings is 1. The minimum absolute atomic E-state index is 0.470. The highest BCUT2D eigenvalue weighted by atomic mass is 15.5. The van der Waals surface area contributed by atoms with Gasteiger partial charge in [0, 0.05) is 19.6 Å². The highest BCUT2D eigenvalue weighted by Gasteiger charge is 2.23. The predicted octanol–water partition coefficient (Wildman–Crippen LogP) is 0.630. The van der Waals surface area contributed by atoms with E-state index in [0.29, 0.717) is 12.5 Å². The third kappa shape index (κ3) is 3.26. The molecule has 1 saturated carbocycles. The van der Waals surface area contributed by atoms with Gasteiger partial charge in [0.25, 0.3) is 0 Å².